The number of nitro groups is 1. The highest BCUT2D eigenvalue weighted by atomic mass is 16.6. The summed E-state index contributed by atoms with van der Waals surface area (Å²) >= 11 is 0. The highest BCUT2D eigenvalue weighted by Crippen LogP contribution is 2.33. The zero-order valence-corrected chi connectivity index (χ0v) is 14.8. The molecule has 9 nitrogen and oxygen atoms in total. The van der Waals surface area contributed by atoms with E-state index in [9.17, 15) is 24.5 Å². The molecule has 0 radical (unpaired) electrons. The van der Waals surface area contributed by atoms with Gasteiger partial charge in [-0.15, -0.1) is 0 Å². The SMILES string of the molecule is CCN1C(=O)COc2ccc(C(=O)Cn3cc([N+](=O)[O-])c(C)cc3=O)cc21. The summed E-state index contributed by atoms with van der Waals surface area (Å²) in [4.78, 5) is 48.6. The third-order valence-corrected chi connectivity index (χ3v) is 4.36. The summed E-state index contributed by atoms with van der Waals surface area (Å²) in [6.45, 7) is 3.30. The molecule has 0 unspecified atom stereocenters. The first-order valence-corrected chi connectivity index (χ1v) is 8.27. The molecule has 0 atom stereocenters. The van der Waals surface area contributed by atoms with E-state index in [1.165, 1.54) is 17.9 Å². The Morgan fingerprint density at radius 1 is 1.30 bits per heavy atom. The largest absolute Gasteiger partial charge is 0.482 e. The number of Topliss-reactive ketones (excluding diaryl/α,β-unsaturated/α-hetero) is 1. The van der Waals surface area contributed by atoms with E-state index in [0.29, 0.717) is 18.0 Å². The minimum Gasteiger partial charge on any atom is -0.482 e. The van der Waals surface area contributed by atoms with E-state index < -0.39 is 16.3 Å². The monoisotopic (exact) mass is 371 g/mol. The highest BCUT2D eigenvalue weighted by Gasteiger charge is 2.25. The number of aryl methyl sites for hydroxylation is 1. The lowest BCUT2D eigenvalue weighted by atomic mass is 10.1. The second kappa shape index (κ2) is 7.02. The normalized spacial score (nSPS) is 13.1. The number of carbonyl (C=O) groups is 2. The lowest BCUT2D eigenvalue weighted by Crippen LogP contribution is -2.38. The number of nitrogens with zero attached hydrogens (tertiary/aromatic N) is 3. The summed E-state index contributed by atoms with van der Waals surface area (Å²) in [6, 6.07) is 5.80. The number of likely N-dealkylation sites (N-methyl/N-ethyl adjacent to an activating group) is 1. The topological polar surface area (TPSA) is 112 Å². The van der Waals surface area contributed by atoms with Gasteiger partial charge >= 0.3 is 0 Å². The van der Waals surface area contributed by atoms with Gasteiger partial charge in [-0.1, -0.05) is 0 Å². The molecule has 0 saturated carbocycles. The Morgan fingerprint density at radius 3 is 2.70 bits per heavy atom. The molecule has 9 heteroatoms. The van der Waals surface area contributed by atoms with Crippen LogP contribution in [0, 0.1) is 17.0 Å². The van der Waals surface area contributed by atoms with Crippen molar-refractivity contribution in [3.8, 4) is 5.75 Å². The molecule has 2 heterocycles. The zero-order chi connectivity index (χ0) is 19.7. The van der Waals surface area contributed by atoms with Gasteiger partial charge in [0.25, 0.3) is 17.2 Å². The predicted molar refractivity (Wildman–Crippen MR) is 96.4 cm³/mol. The molecule has 1 aliphatic heterocycles. The molecule has 1 amide bonds. The number of ether oxygens (including phenoxy) is 1. The van der Waals surface area contributed by atoms with Crippen LogP contribution in [0.2, 0.25) is 0 Å². The van der Waals surface area contributed by atoms with Crippen molar-refractivity contribution in [1.29, 1.82) is 0 Å². The van der Waals surface area contributed by atoms with Crippen molar-refractivity contribution in [2.45, 2.75) is 20.4 Å². The number of anilines is 1. The van der Waals surface area contributed by atoms with Gasteiger partial charge in [-0.3, -0.25) is 24.5 Å². The van der Waals surface area contributed by atoms with Crippen LogP contribution < -0.4 is 15.2 Å². The fraction of sp³-hybridized carbons (Fsp3) is 0.278. The molecule has 27 heavy (non-hydrogen) atoms. The number of hydrogen-bond acceptors (Lipinski definition) is 6. The molecule has 0 fully saturated rings. The van der Waals surface area contributed by atoms with Crippen molar-refractivity contribution in [3.05, 3.63) is 62.1 Å². The molecular formula is C18H17N3O6. The molecule has 0 spiro atoms. The Balaban J connectivity index is 1.93. The van der Waals surface area contributed by atoms with E-state index in [1.807, 2.05) is 6.92 Å². The first-order chi connectivity index (χ1) is 12.8. The Kier molecular flexibility index (Phi) is 4.76. The van der Waals surface area contributed by atoms with Gasteiger partial charge in [0, 0.05) is 23.7 Å². The van der Waals surface area contributed by atoms with E-state index in [0.717, 1.165) is 16.8 Å². The molecule has 0 aliphatic carbocycles. The second-order valence-electron chi connectivity index (χ2n) is 6.10. The minimum absolute atomic E-state index is 0.0590. The summed E-state index contributed by atoms with van der Waals surface area (Å²) in [5.41, 5.74) is 0.265. The summed E-state index contributed by atoms with van der Waals surface area (Å²) in [7, 11) is 0. The summed E-state index contributed by atoms with van der Waals surface area (Å²) < 4.78 is 6.37. The third-order valence-electron chi connectivity index (χ3n) is 4.36. The Hall–Kier alpha value is -3.49. The van der Waals surface area contributed by atoms with Crippen LogP contribution in [0.25, 0.3) is 0 Å². The van der Waals surface area contributed by atoms with Crippen LogP contribution in [0.1, 0.15) is 22.8 Å². The van der Waals surface area contributed by atoms with E-state index in [4.69, 9.17) is 4.74 Å². The van der Waals surface area contributed by atoms with Crippen LogP contribution in [0.15, 0.2) is 35.3 Å². The fourth-order valence-corrected chi connectivity index (χ4v) is 2.94. The minimum atomic E-state index is -0.600. The van der Waals surface area contributed by atoms with Gasteiger partial charge in [-0.05, 0) is 32.0 Å². The van der Waals surface area contributed by atoms with Gasteiger partial charge < -0.3 is 14.2 Å². The number of fused-ring (bicyclic) bond motifs is 1. The first-order valence-electron chi connectivity index (χ1n) is 8.27. The number of hydrogen-bond donors (Lipinski definition) is 0. The van der Waals surface area contributed by atoms with Gasteiger partial charge in [0.1, 0.15) is 5.75 Å². The smallest absolute Gasteiger partial charge is 0.288 e. The maximum atomic E-state index is 12.6. The molecule has 0 saturated heterocycles. The molecule has 140 valence electrons. The van der Waals surface area contributed by atoms with Crippen LogP contribution in [0.4, 0.5) is 11.4 Å². The van der Waals surface area contributed by atoms with E-state index in [1.54, 1.807) is 12.1 Å². The Bertz CT molecular complexity index is 1010. The van der Waals surface area contributed by atoms with Crippen molar-refractivity contribution < 1.29 is 19.2 Å². The van der Waals surface area contributed by atoms with E-state index in [-0.39, 0.29) is 35.9 Å². The molecule has 1 aromatic carbocycles. The quantitative estimate of drug-likeness (QED) is 0.449. The second-order valence-corrected chi connectivity index (χ2v) is 6.10. The predicted octanol–water partition coefficient (Wildman–Crippen LogP) is 1.69. The van der Waals surface area contributed by atoms with Crippen LogP contribution in [-0.4, -0.2) is 34.3 Å². The van der Waals surface area contributed by atoms with Gasteiger partial charge in [0.2, 0.25) is 0 Å². The van der Waals surface area contributed by atoms with Crippen LogP contribution >= 0.6 is 0 Å². The van der Waals surface area contributed by atoms with E-state index in [2.05, 4.69) is 0 Å². The molecule has 0 bridgehead atoms. The number of pyridine rings is 1. The number of carbonyl (C=O) groups excluding carboxylic acids is 2. The first kappa shape index (κ1) is 18.3. The lowest BCUT2D eigenvalue weighted by Gasteiger charge is -2.28. The zero-order valence-electron chi connectivity index (χ0n) is 14.8. The average molecular weight is 371 g/mol. The van der Waals surface area contributed by atoms with Crippen molar-refractivity contribution in [2.24, 2.45) is 0 Å². The van der Waals surface area contributed by atoms with Gasteiger partial charge in [0.05, 0.1) is 23.4 Å². The summed E-state index contributed by atoms with van der Waals surface area (Å²) in [5, 5.41) is 11.1. The van der Waals surface area contributed by atoms with Crippen molar-refractivity contribution in [1.82, 2.24) is 4.57 Å². The van der Waals surface area contributed by atoms with Gasteiger partial charge in [-0.2, -0.15) is 0 Å². The molecule has 1 aliphatic rings. The Labute approximate surface area is 153 Å². The summed E-state index contributed by atoms with van der Waals surface area (Å²) in [5.74, 6) is -0.122. The molecular weight excluding hydrogens is 354 g/mol. The summed E-state index contributed by atoms with van der Waals surface area (Å²) in [6.07, 6.45) is 1.07. The van der Waals surface area contributed by atoms with Gasteiger partial charge in [0.15, 0.2) is 12.4 Å². The standard InChI is InChI=1S/C18H17N3O6/c1-3-20-13-7-12(4-5-16(13)27-10-18(20)24)15(22)9-19-8-14(21(25)26)11(2)6-17(19)23/h4-8H,3,9-10H2,1-2H3. The van der Waals surface area contributed by atoms with Crippen molar-refractivity contribution >= 4 is 23.1 Å². The maximum Gasteiger partial charge on any atom is 0.288 e. The van der Waals surface area contributed by atoms with Crippen LogP contribution in [0.3, 0.4) is 0 Å². The molecule has 3 rings (SSSR count). The third kappa shape index (κ3) is 3.43. The average Bonchev–Trinajstić information content (AvgIpc) is 2.63. The van der Waals surface area contributed by atoms with Crippen molar-refractivity contribution in [2.75, 3.05) is 18.1 Å². The van der Waals surface area contributed by atoms with E-state index >= 15 is 0 Å². The maximum absolute atomic E-state index is 12.6. The fourth-order valence-electron chi connectivity index (χ4n) is 2.94. The molecule has 2 aromatic rings. The number of rotatable bonds is 5. The van der Waals surface area contributed by atoms with Crippen molar-refractivity contribution in [3.63, 3.8) is 0 Å². The Morgan fingerprint density at radius 2 is 2.04 bits per heavy atom. The number of ketones is 1. The van der Waals surface area contributed by atoms with Gasteiger partial charge in [-0.25, -0.2) is 0 Å². The molecule has 0 N–H and O–H groups in total. The number of aromatic nitrogens is 1. The van der Waals surface area contributed by atoms with Crippen LogP contribution in [-0.2, 0) is 11.3 Å². The lowest BCUT2D eigenvalue weighted by molar-refractivity contribution is -0.385. The number of benzene rings is 1. The molecule has 1 aromatic heterocycles. The highest BCUT2D eigenvalue weighted by molar-refractivity contribution is 6.01. The van der Waals surface area contributed by atoms with Crippen LogP contribution in [0.5, 0.6) is 5.75 Å². The number of amides is 1.